The van der Waals surface area contributed by atoms with Crippen LogP contribution in [-0.2, 0) is 0 Å². The van der Waals surface area contributed by atoms with Crippen molar-refractivity contribution in [2.75, 3.05) is 7.11 Å². The number of carboxylic acids is 1. The fourth-order valence-corrected chi connectivity index (χ4v) is 3.46. The molecule has 0 fully saturated rings. The summed E-state index contributed by atoms with van der Waals surface area (Å²) in [4.78, 5) is 23.7. The zero-order valence-corrected chi connectivity index (χ0v) is 17.6. The fourth-order valence-electron chi connectivity index (χ4n) is 3.20. The Hall–Kier alpha value is -4.10. The number of hydrogen-bond donors (Lipinski definition) is 2. The number of hydrazone groups is 1. The van der Waals surface area contributed by atoms with Gasteiger partial charge in [0.1, 0.15) is 17.3 Å². The van der Waals surface area contributed by atoms with Gasteiger partial charge in [0.2, 0.25) is 0 Å². The van der Waals surface area contributed by atoms with Crippen LogP contribution in [0.3, 0.4) is 0 Å². The van der Waals surface area contributed by atoms with Crippen molar-refractivity contribution in [3.63, 3.8) is 0 Å². The molecule has 1 heterocycles. The SMILES string of the molecule is COc1cc2ccccc2cc1C(=O)N/N=C\c1ccc(-c2ccc(C(=O)O)c(Cl)c2)o1. The molecule has 0 saturated carbocycles. The summed E-state index contributed by atoms with van der Waals surface area (Å²) >= 11 is 6.01. The first-order valence-electron chi connectivity index (χ1n) is 9.49. The van der Waals surface area contributed by atoms with Gasteiger partial charge in [-0.15, -0.1) is 0 Å². The van der Waals surface area contributed by atoms with Crippen molar-refractivity contribution >= 4 is 40.5 Å². The number of methoxy groups -OCH3 is 1. The minimum absolute atomic E-state index is 0.00981. The molecule has 160 valence electrons. The van der Waals surface area contributed by atoms with E-state index in [4.69, 9.17) is 25.9 Å². The minimum Gasteiger partial charge on any atom is -0.496 e. The number of hydrogen-bond acceptors (Lipinski definition) is 5. The molecule has 1 aromatic heterocycles. The number of furan rings is 1. The highest BCUT2D eigenvalue weighted by Crippen LogP contribution is 2.28. The topological polar surface area (TPSA) is 101 Å². The maximum absolute atomic E-state index is 12.6. The van der Waals surface area contributed by atoms with E-state index in [0.29, 0.717) is 28.4 Å². The Morgan fingerprint density at radius 1 is 1.03 bits per heavy atom. The number of fused-ring (bicyclic) bond motifs is 1. The Bertz CT molecular complexity index is 1360. The van der Waals surface area contributed by atoms with E-state index in [9.17, 15) is 9.59 Å². The van der Waals surface area contributed by atoms with Gasteiger partial charge in [0.25, 0.3) is 5.91 Å². The van der Waals surface area contributed by atoms with Crippen LogP contribution in [0.4, 0.5) is 0 Å². The molecule has 0 aliphatic carbocycles. The first-order valence-corrected chi connectivity index (χ1v) is 9.87. The Kier molecular flexibility index (Phi) is 5.91. The van der Waals surface area contributed by atoms with Crippen LogP contribution in [0.25, 0.3) is 22.1 Å². The summed E-state index contributed by atoms with van der Waals surface area (Å²) < 4.78 is 11.0. The van der Waals surface area contributed by atoms with Crippen molar-refractivity contribution in [3.8, 4) is 17.1 Å². The van der Waals surface area contributed by atoms with E-state index in [1.54, 1.807) is 30.3 Å². The van der Waals surface area contributed by atoms with Gasteiger partial charge in [-0.1, -0.05) is 41.9 Å². The van der Waals surface area contributed by atoms with Gasteiger partial charge in [0.05, 0.1) is 29.5 Å². The van der Waals surface area contributed by atoms with Gasteiger partial charge in [-0.3, -0.25) is 4.79 Å². The normalized spacial score (nSPS) is 11.1. The van der Waals surface area contributed by atoms with Gasteiger partial charge in [-0.25, -0.2) is 10.2 Å². The van der Waals surface area contributed by atoms with Crippen LogP contribution >= 0.6 is 11.6 Å². The number of nitrogens with zero attached hydrogens (tertiary/aromatic N) is 1. The second-order valence-electron chi connectivity index (χ2n) is 6.80. The molecule has 0 bridgehead atoms. The third kappa shape index (κ3) is 4.33. The van der Waals surface area contributed by atoms with Gasteiger partial charge in [0.15, 0.2) is 0 Å². The quantitative estimate of drug-likeness (QED) is 0.311. The van der Waals surface area contributed by atoms with E-state index >= 15 is 0 Å². The van der Waals surface area contributed by atoms with Crippen molar-refractivity contribution in [1.29, 1.82) is 0 Å². The molecule has 8 heteroatoms. The molecule has 2 N–H and O–H groups in total. The number of carboxylic acid groups (broad SMARTS) is 1. The number of carbonyl (C=O) groups is 2. The number of ether oxygens (including phenoxy) is 1. The van der Waals surface area contributed by atoms with Crippen LogP contribution in [-0.4, -0.2) is 30.3 Å². The maximum atomic E-state index is 12.6. The van der Waals surface area contributed by atoms with Gasteiger partial charge in [-0.2, -0.15) is 5.10 Å². The van der Waals surface area contributed by atoms with E-state index < -0.39 is 11.9 Å². The van der Waals surface area contributed by atoms with Crippen molar-refractivity contribution in [2.45, 2.75) is 0 Å². The standard InChI is InChI=1S/C24H17ClN2O5/c1-31-22-12-15-5-3-2-4-14(15)10-19(22)23(28)27-26-13-17-7-9-21(32-17)16-6-8-18(24(29)30)20(25)11-16/h2-13H,1H3,(H,27,28)(H,29,30)/b26-13-. The lowest BCUT2D eigenvalue weighted by atomic mass is 10.1. The number of halogens is 1. The Morgan fingerprint density at radius 3 is 2.47 bits per heavy atom. The maximum Gasteiger partial charge on any atom is 0.337 e. The summed E-state index contributed by atoms with van der Waals surface area (Å²) in [5.74, 6) is -0.213. The van der Waals surface area contributed by atoms with E-state index in [2.05, 4.69) is 10.5 Å². The second kappa shape index (κ2) is 8.95. The number of amides is 1. The lowest BCUT2D eigenvalue weighted by Crippen LogP contribution is -2.18. The second-order valence-corrected chi connectivity index (χ2v) is 7.21. The van der Waals surface area contributed by atoms with Gasteiger partial charge >= 0.3 is 5.97 Å². The van der Waals surface area contributed by atoms with Crippen LogP contribution in [0, 0.1) is 0 Å². The number of rotatable bonds is 6. The highest BCUT2D eigenvalue weighted by atomic mass is 35.5. The smallest absolute Gasteiger partial charge is 0.337 e. The molecule has 0 aliphatic heterocycles. The van der Waals surface area contributed by atoms with Crippen LogP contribution in [0.1, 0.15) is 26.5 Å². The van der Waals surface area contributed by atoms with E-state index in [1.807, 2.05) is 24.3 Å². The number of carbonyl (C=O) groups excluding carboxylic acids is 1. The van der Waals surface area contributed by atoms with Crippen LogP contribution in [0.15, 0.2) is 76.2 Å². The molecule has 0 radical (unpaired) electrons. The average molecular weight is 449 g/mol. The monoisotopic (exact) mass is 448 g/mol. The first-order chi connectivity index (χ1) is 15.5. The molecule has 4 rings (SSSR count). The molecule has 1 amide bonds. The molecule has 4 aromatic rings. The number of benzene rings is 3. The highest BCUT2D eigenvalue weighted by molar-refractivity contribution is 6.33. The third-order valence-corrected chi connectivity index (χ3v) is 5.09. The summed E-state index contributed by atoms with van der Waals surface area (Å²) in [6, 6.07) is 19.1. The molecule has 0 aliphatic rings. The summed E-state index contributed by atoms with van der Waals surface area (Å²) in [5.41, 5.74) is 3.45. The van der Waals surface area contributed by atoms with Gasteiger partial charge in [0, 0.05) is 5.56 Å². The molecular weight excluding hydrogens is 432 g/mol. The predicted octanol–water partition coefficient (Wildman–Crippen LogP) is 5.22. The average Bonchev–Trinajstić information content (AvgIpc) is 3.26. The molecule has 32 heavy (non-hydrogen) atoms. The molecule has 0 spiro atoms. The van der Waals surface area contributed by atoms with Gasteiger partial charge in [-0.05, 0) is 47.2 Å². The summed E-state index contributed by atoms with van der Waals surface area (Å²) in [6.45, 7) is 0. The van der Waals surface area contributed by atoms with Crippen molar-refractivity contribution in [1.82, 2.24) is 5.43 Å². The van der Waals surface area contributed by atoms with Crippen molar-refractivity contribution < 1.29 is 23.8 Å². The largest absolute Gasteiger partial charge is 0.496 e. The number of aromatic carboxylic acids is 1. The fraction of sp³-hybridized carbons (Fsp3) is 0.0417. The number of nitrogens with one attached hydrogen (secondary N) is 1. The summed E-state index contributed by atoms with van der Waals surface area (Å²) in [6.07, 6.45) is 1.36. The minimum atomic E-state index is -1.10. The van der Waals surface area contributed by atoms with E-state index in [-0.39, 0.29) is 10.6 Å². The lowest BCUT2D eigenvalue weighted by molar-refractivity contribution is 0.0696. The first kappa shape index (κ1) is 21.1. The zero-order valence-electron chi connectivity index (χ0n) is 16.8. The van der Waals surface area contributed by atoms with Gasteiger partial charge < -0.3 is 14.3 Å². The summed E-state index contributed by atoms with van der Waals surface area (Å²) in [7, 11) is 1.50. The molecule has 0 unspecified atom stereocenters. The molecular formula is C24H17ClN2O5. The Morgan fingerprint density at radius 2 is 1.78 bits per heavy atom. The highest BCUT2D eigenvalue weighted by Gasteiger charge is 2.14. The predicted molar refractivity (Wildman–Crippen MR) is 122 cm³/mol. The summed E-state index contributed by atoms with van der Waals surface area (Å²) in [5, 5.41) is 15.0. The lowest BCUT2D eigenvalue weighted by Gasteiger charge is -2.09. The van der Waals surface area contributed by atoms with Crippen LogP contribution in [0.2, 0.25) is 5.02 Å². The third-order valence-electron chi connectivity index (χ3n) is 4.78. The van der Waals surface area contributed by atoms with E-state index in [1.165, 1.54) is 25.5 Å². The van der Waals surface area contributed by atoms with Crippen molar-refractivity contribution in [2.24, 2.45) is 5.10 Å². The molecule has 0 atom stereocenters. The van der Waals surface area contributed by atoms with Crippen molar-refractivity contribution in [3.05, 3.63) is 88.6 Å². The molecule has 7 nitrogen and oxygen atoms in total. The molecule has 3 aromatic carbocycles. The van der Waals surface area contributed by atoms with Crippen LogP contribution in [0.5, 0.6) is 5.75 Å². The van der Waals surface area contributed by atoms with Crippen LogP contribution < -0.4 is 10.2 Å². The zero-order chi connectivity index (χ0) is 22.7. The molecule has 0 saturated heterocycles. The Labute approximate surface area is 187 Å². The Balaban J connectivity index is 1.49. The van der Waals surface area contributed by atoms with E-state index in [0.717, 1.165) is 10.8 Å².